The molecule has 1 aliphatic rings. The number of hydrogen-bond acceptors (Lipinski definition) is 3. The van der Waals surface area contributed by atoms with Gasteiger partial charge in [-0.05, 0) is 25.7 Å². The van der Waals surface area contributed by atoms with Gasteiger partial charge in [-0.3, -0.25) is 4.90 Å². The van der Waals surface area contributed by atoms with Crippen LogP contribution >= 0.6 is 0 Å². The Morgan fingerprint density at radius 1 is 1.29 bits per heavy atom. The molecule has 3 nitrogen and oxygen atoms in total. The number of piperazine rings is 1. The first-order valence-electron chi connectivity index (χ1n) is 7.19. The normalized spacial score (nSPS) is 25.1. The lowest BCUT2D eigenvalue weighted by molar-refractivity contribution is 0.0619. The Morgan fingerprint density at radius 2 is 2.00 bits per heavy atom. The standard InChI is InChI=1S/C14H30N2O/c1-5-13-11-15-14(6-2,7-3)12-16(13)9-8-10-17-4/h13,15H,5-12H2,1-4H3. The van der Waals surface area contributed by atoms with Crippen LogP contribution in [0.2, 0.25) is 0 Å². The Bertz CT molecular complexity index is 204. The third-order valence-corrected chi connectivity index (χ3v) is 4.35. The molecule has 1 rings (SSSR count). The van der Waals surface area contributed by atoms with E-state index in [2.05, 4.69) is 31.0 Å². The van der Waals surface area contributed by atoms with E-state index in [-0.39, 0.29) is 0 Å². The molecule has 1 N–H and O–H groups in total. The van der Waals surface area contributed by atoms with Gasteiger partial charge in [0.15, 0.2) is 0 Å². The van der Waals surface area contributed by atoms with E-state index >= 15 is 0 Å². The fraction of sp³-hybridized carbons (Fsp3) is 1.00. The first-order valence-corrected chi connectivity index (χ1v) is 7.19. The summed E-state index contributed by atoms with van der Waals surface area (Å²) < 4.78 is 5.16. The SMILES string of the molecule is CCC1CNC(CC)(CC)CN1CCCOC. The summed E-state index contributed by atoms with van der Waals surface area (Å²) in [7, 11) is 1.79. The third kappa shape index (κ3) is 3.94. The first-order chi connectivity index (χ1) is 8.21. The Kier molecular flexibility index (Phi) is 6.45. The number of nitrogens with one attached hydrogen (secondary N) is 1. The summed E-state index contributed by atoms with van der Waals surface area (Å²) in [6, 6.07) is 0.707. The van der Waals surface area contributed by atoms with Crippen LogP contribution in [0, 0.1) is 0 Å². The van der Waals surface area contributed by atoms with Gasteiger partial charge in [-0.25, -0.2) is 0 Å². The van der Waals surface area contributed by atoms with Crippen molar-refractivity contribution in [3.05, 3.63) is 0 Å². The van der Waals surface area contributed by atoms with E-state index in [0.29, 0.717) is 11.6 Å². The van der Waals surface area contributed by atoms with Crippen LogP contribution in [-0.2, 0) is 4.74 Å². The highest BCUT2D eigenvalue weighted by Crippen LogP contribution is 2.23. The van der Waals surface area contributed by atoms with Crippen LogP contribution in [0.1, 0.15) is 46.5 Å². The molecule has 0 aliphatic carbocycles. The second kappa shape index (κ2) is 7.34. The maximum atomic E-state index is 5.16. The summed E-state index contributed by atoms with van der Waals surface area (Å²) in [5.41, 5.74) is 0.346. The highest BCUT2D eigenvalue weighted by molar-refractivity contribution is 4.96. The van der Waals surface area contributed by atoms with Gasteiger partial charge in [0.25, 0.3) is 0 Å². The third-order valence-electron chi connectivity index (χ3n) is 4.35. The molecule has 1 aliphatic heterocycles. The van der Waals surface area contributed by atoms with Crippen molar-refractivity contribution in [1.29, 1.82) is 0 Å². The number of nitrogens with zero attached hydrogens (tertiary/aromatic N) is 1. The van der Waals surface area contributed by atoms with E-state index in [1.54, 1.807) is 7.11 Å². The van der Waals surface area contributed by atoms with Crippen molar-refractivity contribution in [2.24, 2.45) is 0 Å². The number of hydrogen-bond donors (Lipinski definition) is 1. The summed E-state index contributed by atoms with van der Waals surface area (Å²) in [5, 5.41) is 3.78. The maximum absolute atomic E-state index is 5.16. The minimum atomic E-state index is 0.346. The molecular formula is C14H30N2O. The van der Waals surface area contributed by atoms with Crippen LogP contribution in [0.3, 0.4) is 0 Å². The van der Waals surface area contributed by atoms with Crippen LogP contribution in [0.5, 0.6) is 0 Å². The fourth-order valence-corrected chi connectivity index (χ4v) is 2.84. The van der Waals surface area contributed by atoms with E-state index in [4.69, 9.17) is 4.74 Å². The predicted molar refractivity (Wildman–Crippen MR) is 73.5 cm³/mol. The van der Waals surface area contributed by atoms with Crippen LogP contribution in [0.4, 0.5) is 0 Å². The predicted octanol–water partition coefficient (Wildman–Crippen LogP) is 2.27. The van der Waals surface area contributed by atoms with Crippen molar-refractivity contribution in [2.75, 3.05) is 33.4 Å². The second-order valence-electron chi connectivity index (χ2n) is 5.25. The van der Waals surface area contributed by atoms with Crippen molar-refractivity contribution >= 4 is 0 Å². The second-order valence-corrected chi connectivity index (χ2v) is 5.25. The van der Waals surface area contributed by atoms with Crippen LogP contribution < -0.4 is 5.32 Å². The van der Waals surface area contributed by atoms with E-state index in [1.165, 1.54) is 32.4 Å². The lowest BCUT2D eigenvalue weighted by atomic mass is 9.88. The number of rotatable bonds is 7. The molecule has 3 heteroatoms. The first kappa shape index (κ1) is 14.9. The molecule has 0 radical (unpaired) electrons. The molecule has 0 aromatic rings. The van der Waals surface area contributed by atoms with E-state index in [9.17, 15) is 0 Å². The molecule has 1 unspecified atom stereocenters. The molecule has 102 valence electrons. The largest absolute Gasteiger partial charge is 0.385 e. The molecule has 1 saturated heterocycles. The molecule has 0 saturated carbocycles. The van der Waals surface area contributed by atoms with Crippen molar-refractivity contribution in [3.8, 4) is 0 Å². The van der Waals surface area contributed by atoms with Gasteiger partial charge < -0.3 is 10.1 Å². The smallest absolute Gasteiger partial charge is 0.0474 e. The molecule has 0 bridgehead atoms. The van der Waals surface area contributed by atoms with Gasteiger partial charge in [0, 0.05) is 44.9 Å². The van der Waals surface area contributed by atoms with Crippen LogP contribution in [0.25, 0.3) is 0 Å². The van der Waals surface area contributed by atoms with Gasteiger partial charge in [-0.2, -0.15) is 0 Å². The number of ether oxygens (including phenoxy) is 1. The van der Waals surface area contributed by atoms with Crippen molar-refractivity contribution in [3.63, 3.8) is 0 Å². The lowest BCUT2D eigenvalue weighted by Crippen LogP contribution is -2.63. The monoisotopic (exact) mass is 242 g/mol. The molecule has 1 heterocycles. The zero-order valence-corrected chi connectivity index (χ0v) is 12.1. The molecule has 0 amide bonds. The Balaban J connectivity index is 2.54. The highest BCUT2D eigenvalue weighted by Gasteiger charge is 2.35. The van der Waals surface area contributed by atoms with Gasteiger partial charge in [-0.15, -0.1) is 0 Å². The van der Waals surface area contributed by atoms with Crippen molar-refractivity contribution in [1.82, 2.24) is 10.2 Å². The van der Waals surface area contributed by atoms with Gasteiger partial charge >= 0.3 is 0 Å². The average molecular weight is 242 g/mol. The Labute approximate surface area is 107 Å². The average Bonchev–Trinajstić information content (AvgIpc) is 2.39. The summed E-state index contributed by atoms with van der Waals surface area (Å²) in [5.74, 6) is 0. The van der Waals surface area contributed by atoms with Crippen molar-refractivity contribution < 1.29 is 4.74 Å². The highest BCUT2D eigenvalue weighted by atomic mass is 16.5. The van der Waals surface area contributed by atoms with Gasteiger partial charge in [0.1, 0.15) is 0 Å². The molecule has 1 fully saturated rings. The Hall–Kier alpha value is -0.120. The molecule has 1 atom stereocenters. The summed E-state index contributed by atoms with van der Waals surface area (Å²) >= 11 is 0. The minimum Gasteiger partial charge on any atom is -0.385 e. The van der Waals surface area contributed by atoms with Gasteiger partial charge in [0.2, 0.25) is 0 Å². The summed E-state index contributed by atoms with van der Waals surface area (Å²) in [6.45, 7) is 11.3. The van der Waals surface area contributed by atoms with E-state index < -0.39 is 0 Å². The lowest BCUT2D eigenvalue weighted by Gasteiger charge is -2.47. The quantitative estimate of drug-likeness (QED) is 0.693. The molecular weight excluding hydrogens is 212 g/mol. The molecule has 0 spiro atoms. The summed E-state index contributed by atoms with van der Waals surface area (Å²) in [6.07, 6.45) is 4.83. The fourth-order valence-electron chi connectivity index (χ4n) is 2.84. The zero-order valence-electron chi connectivity index (χ0n) is 12.1. The van der Waals surface area contributed by atoms with E-state index in [0.717, 1.165) is 19.6 Å². The topological polar surface area (TPSA) is 24.5 Å². The maximum Gasteiger partial charge on any atom is 0.0474 e. The molecule has 17 heavy (non-hydrogen) atoms. The van der Waals surface area contributed by atoms with Crippen LogP contribution in [0.15, 0.2) is 0 Å². The van der Waals surface area contributed by atoms with Crippen LogP contribution in [-0.4, -0.2) is 49.8 Å². The molecule has 0 aromatic heterocycles. The van der Waals surface area contributed by atoms with Gasteiger partial charge in [-0.1, -0.05) is 20.8 Å². The van der Waals surface area contributed by atoms with Crippen molar-refractivity contribution in [2.45, 2.75) is 58.0 Å². The minimum absolute atomic E-state index is 0.346. The number of methoxy groups -OCH3 is 1. The summed E-state index contributed by atoms with van der Waals surface area (Å²) in [4.78, 5) is 2.67. The molecule has 0 aromatic carbocycles. The van der Waals surface area contributed by atoms with Gasteiger partial charge in [0.05, 0.1) is 0 Å². The Morgan fingerprint density at radius 3 is 2.53 bits per heavy atom. The van der Waals surface area contributed by atoms with E-state index in [1.807, 2.05) is 0 Å². The zero-order chi connectivity index (χ0) is 12.7.